The van der Waals surface area contributed by atoms with E-state index in [-0.39, 0.29) is 5.56 Å². The van der Waals surface area contributed by atoms with E-state index < -0.39 is 17.9 Å². The number of benzene rings is 2. The Hall–Kier alpha value is -2.45. The second kappa shape index (κ2) is 10.2. The first-order chi connectivity index (χ1) is 13.3. The summed E-state index contributed by atoms with van der Waals surface area (Å²) in [6, 6.07) is 9.69. The molecule has 28 heavy (non-hydrogen) atoms. The van der Waals surface area contributed by atoms with Crippen molar-refractivity contribution >= 4 is 39.3 Å². The Morgan fingerprint density at radius 1 is 1.18 bits per heavy atom. The summed E-state index contributed by atoms with van der Waals surface area (Å²) in [6.07, 6.45) is -0.830. The number of hydrogen-bond acceptors (Lipinski definition) is 5. The maximum Gasteiger partial charge on any atom is 0.279 e. The minimum absolute atomic E-state index is 0.277. The molecule has 0 spiro atoms. The molecule has 0 fully saturated rings. The molecule has 1 atom stereocenters. The third kappa shape index (κ3) is 5.77. The van der Waals surface area contributed by atoms with E-state index in [1.807, 2.05) is 6.92 Å². The number of amides is 2. The number of nitrogens with one attached hydrogen (secondary N) is 2. The van der Waals surface area contributed by atoms with Crippen LogP contribution in [-0.4, -0.2) is 31.6 Å². The number of carbonyl (C=O) groups is 2. The van der Waals surface area contributed by atoms with Crippen molar-refractivity contribution in [2.45, 2.75) is 20.0 Å². The maximum atomic E-state index is 12.4. The topological polar surface area (TPSA) is 85.9 Å². The average Bonchev–Trinajstić information content (AvgIpc) is 2.68. The van der Waals surface area contributed by atoms with Gasteiger partial charge in [0, 0.05) is 10.6 Å². The Kier molecular flexibility index (Phi) is 7.95. The summed E-state index contributed by atoms with van der Waals surface area (Å²) in [5.41, 5.74) is 4.96. The molecule has 0 saturated heterocycles. The van der Waals surface area contributed by atoms with Gasteiger partial charge in [-0.2, -0.15) is 0 Å². The van der Waals surface area contributed by atoms with E-state index in [1.165, 1.54) is 13.2 Å². The van der Waals surface area contributed by atoms with Crippen LogP contribution >= 0.6 is 27.5 Å². The minimum Gasteiger partial charge on any atom is -0.493 e. The summed E-state index contributed by atoms with van der Waals surface area (Å²) in [7, 11) is 1.48. The first-order valence-corrected chi connectivity index (χ1v) is 9.55. The van der Waals surface area contributed by atoms with Crippen LogP contribution < -0.4 is 25.1 Å². The Balaban J connectivity index is 1.98. The Morgan fingerprint density at radius 3 is 2.46 bits per heavy atom. The van der Waals surface area contributed by atoms with Gasteiger partial charge in [0.05, 0.1) is 18.2 Å². The zero-order chi connectivity index (χ0) is 20.7. The largest absolute Gasteiger partial charge is 0.493 e. The summed E-state index contributed by atoms with van der Waals surface area (Å²) in [4.78, 5) is 24.5. The smallest absolute Gasteiger partial charge is 0.279 e. The number of methoxy groups -OCH3 is 1. The van der Waals surface area contributed by atoms with Crippen molar-refractivity contribution in [1.29, 1.82) is 0 Å². The number of ether oxygens (including phenoxy) is 3. The summed E-state index contributed by atoms with van der Waals surface area (Å²) < 4.78 is 16.8. The van der Waals surface area contributed by atoms with Gasteiger partial charge in [0.15, 0.2) is 17.6 Å². The fraction of sp³-hybridized carbons (Fsp3) is 0.263. The molecule has 0 heterocycles. The lowest BCUT2D eigenvalue weighted by molar-refractivity contribution is -0.128. The van der Waals surface area contributed by atoms with Crippen molar-refractivity contribution in [3.05, 3.63) is 51.5 Å². The molecule has 1 unspecified atom stereocenters. The third-order valence-corrected chi connectivity index (χ3v) is 4.42. The lowest BCUT2D eigenvalue weighted by atomic mass is 10.2. The molecule has 2 N–H and O–H groups in total. The first kappa shape index (κ1) is 21.8. The van der Waals surface area contributed by atoms with Crippen LogP contribution in [0, 0.1) is 0 Å². The summed E-state index contributed by atoms with van der Waals surface area (Å²) in [5, 5.41) is 0.564. The second-order valence-corrected chi connectivity index (χ2v) is 6.87. The van der Waals surface area contributed by atoms with Gasteiger partial charge in [-0.1, -0.05) is 11.6 Å². The van der Waals surface area contributed by atoms with Gasteiger partial charge in [0.1, 0.15) is 5.75 Å². The van der Waals surface area contributed by atoms with Gasteiger partial charge in [0.25, 0.3) is 11.8 Å². The van der Waals surface area contributed by atoms with Crippen molar-refractivity contribution < 1.29 is 23.8 Å². The summed E-state index contributed by atoms with van der Waals surface area (Å²) in [5.74, 6) is 0.343. The van der Waals surface area contributed by atoms with Crippen LogP contribution in [0.25, 0.3) is 0 Å². The number of hydrazine groups is 1. The maximum absolute atomic E-state index is 12.4. The Morgan fingerprint density at radius 2 is 1.86 bits per heavy atom. The van der Waals surface area contributed by atoms with Gasteiger partial charge in [-0.05, 0) is 66.2 Å². The van der Waals surface area contributed by atoms with E-state index >= 15 is 0 Å². The van der Waals surface area contributed by atoms with E-state index in [9.17, 15) is 9.59 Å². The molecule has 150 valence electrons. The molecule has 0 saturated carbocycles. The number of halogens is 2. The number of hydrogen-bond donors (Lipinski definition) is 2. The molecule has 9 heteroatoms. The molecule has 0 bridgehead atoms. The molecule has 2 aromatic rings. The number of carbonyl (C=O) groups excluding carboxylic acids is 2. The molecule has 0 aliphatic rings. The van der Waals surface area contributed by atoms with Gasteiger partial charge >= 0.3 is 0 Å². The minimum atomic E-state index is -0.830. The molecule has 2 rings (SSSR count). The van der Waals surface area contributed by atoms with Crippen molar-refractivity contribution in [3.8, 4) is 17.2 Å². The van der Waals surface area contributed by atoms with Crippen molar-refractivity contribution in [2.75, 3.05) is 13.7 Å². The molecule has 2 amide bonds. The van der Waals surface area contributed by atoms with Crippen LogP contribution in [0.15, 0.2) is 40.9 Å². The zero-order valence-corrected chi connectivity index (χ0v) is 17.9. The van der Waals surface area contributed by atoms with E-state index in [2.05, 4.69) is 26.8 Å². The van der Waals surface area contributed by atoms with Crippen LogP contribution in [0.5, 0.6) is 17.2 Å². The normalized spacial score (nSPS) is 11.3. The first-order valence-electron chi connectivity index (χ1n) is 8.38. The number of rotatable bonds is 7. The van der Waals surface area contributed by atoms with Crippen LogP contribution in [0.3, 0.4) is 0 Å². The molecule has 7 nitrogen and oxygen atoms in total. The van der Waals surface area contributed by atoms with Gasteiger partial charge in [-0.15, -0.1) is 0 Å². The highest BCUT2D eigenvalue weighted by atomic mass is 79.9. The third-order valence-electron chi connectivity index (χ3n) is 3.58. The molecular formula is C19H20BrClN2O5. The van der Waals surface area contributed by atoms with Crippen LogP contribution in [0.1, 0.15) is 24.2 Å². The predicted molar refractivity (Wildman–Crippen MR) is 109 cm³/mol. The van der Waals surface area contributed by atoms with E-state index in [0.717, 1.165) is 0 Å². The molecule has 0 aliphatic carbocycles. The molecule has 0 aliphatic heterocycles. The standard InChI is InChI=1S/C19H20BrClN2O5/c1-4-27-17-15(20)9-12(10-16(17)26-3)19(25)23-22-18(24)11(2)28-14-7-5-13(21)6-8-14/h5-11H,4H2,1-3H3,(H,22,24)(H,23,25). The predicted octanol–water partition coefficient (Wildman–Crippen LogP) is 3.74. The van der Waals surface area contributed by atoms with Crippen LogP contribution in [-0.2, 0) is 4.79 Å². The Bertz CT molecular complexity index is 845. The fourth-order valence-electron chi connectivity index (χ4n) is 2.20. The monoisotopic (exact) mass is 470 g/mol. The highest BCUT2D eigenvalue weighted by Crippen LogP contribution is 2.36. The van der Waals surface area contributed by atoms with Crippen molar-refractivity contribution in [1.82, 2.24) is 10.9 Å². The lowest BCUT2D eigenvalue weighted by Crippen LogP contribution is -2.47. The molecule has 0 aromatic heterocycles. The highest BCUT2D eigenvalue weighted by molar-refractivity contribution is 9.10. The second-order valence-electron chi connectivity index (χ2n) is 5.58. The molecular weight excluding hydrogens is 452 g/mol. The zero-order valence-electron chi connectivity index (χ0n) is 15.5. The quantitative estimate of drug-likeness (QED) is 0.601. The highest BCUT2D eigenvalue weighted by Gasteiger charge is 2.18. The SMILES string of the molecule is CCOc1c(Br)cc(C(=O)NNC(=O)C(C)Oc2ccc(Cl)cc2)cc1OC. The fourth-order valence-corrected chi connectivity index (χ4v) is 2.88. The lowest BCUT2D eigenvalue weighted by Gasteiger charge is -2.16. The van der Waals surface area contributed by atoms with Crippen molar-refractivity contribution in [3.63, 3.8) is 0 Å². The van der Waals surface area contributed by atoms with Gasteiger partial charge in [-0.25, -0.2) is 0 Å². The Labute approximate surface area is 176 Å². The van der Waals surface area contributed by atoms with Crippen LogP contribution in [0.2, 0.25) is 5.02 Å². The van der Waals surface area contributed by atoms with Crippen LogP contribution in [0.4, 0.5) is 0 Å². The summed E-state index contributed by atoms with van der Waals surface area (Å²) >= 11 is 9.16. The van der Waals surface area contributed by atoms with Gasteiger partial charge < -0.3 is 14.2 Å². The van der Waals surface area contributed by atoms with Gasteiger partial charge in [0.2, 0.25) is 0 Å². The molecule has 2 aromatic carbocycles. The van der Waals surface area contributed by atoms with E-state index in [0.29, 0.717) is 33.4 Å². The van der Waals surface area contributed by atoms with E-state index in [4.69, 9.17) is 25.8 Å². The average molecular weight is 472 g/mol. The van der Waals surface area contributed by atoms with E-state index in [1.54, 1.807) is 37.3 Å². The van der Waals surface area contributed by atoms with Gasteiger partial charge in [-0.3, -0.25) is 20.4 Å². The van der Waals surface area contributed by atoms with Crippen molar-refractivity contribution in [2.24, 2.45) is 0 Å². The molecule has 0 radical (unpaired) electrons. The summed E-state index contributed by atoms with van der Waals surface area (Å²) in [6.45, 7) is 3.85.